The molecule has 0 aliphatic heterocycles. The van der Waals surface area contributed by atoms with Crippen LogP contribution in [0.4, 0.5) is 11.4 Å². The van der Waals surface area contributed by atoms with E-state index >= 15 is 0 Å². The molecule has 0 aliphatic carbocycles. The maximum absolute atomic E-state index is 12.3. The summed E-state index contributed by atoms with van der Waals surface area (Å²) in [5, 5.41) is 16.6. The fourth-order valence-electron chi connectivity index (χ4n) is 2.43. The number of anilines is 1. The summed E-state index contributed by atoms with van der Waals surface area (Å²) >= 11 is 0. The van der Waals surface area contributed by atoms with Crippen molar-refractivity contribution in [2.24, 2.45) is 0 Å². The largest absolute Gasteiger partial charge is 0.349 e. The van der Waals surface area contributed by atoms with E-state index in [1.54, 1.807) is 13.0 Å². The second-order valence-corrected chi connectivity index (χ2v) is 6.39. The molecule has 0 aliphatic rings. The Bertz CT molecular complexity index is 658. The van der Waals surface area contributed by atoms with E-state index in [4.69, 9.17) is 0 Å². The van der Waals surface area contributed by atoms with Gasteiger partial charge >= 0.3 is 0 Å². The van der Waals surface area contributed by atoms with Gasteiger partial charge in [0.05, 0.1) is 11.5 Å². The van der Waals surface area contributed by atoms with E-state index < -0.39 is 4.92 Å². The highest BCUT2D eigenvalue weighted by atomic mass is 16.6. The van der Waals surface area contributed by atoms with E-state index in [1.165, 1.54) is 6.07 Å². The lowest BCUT2D eigenvalue weighted by Crippen LogP contribution is -3.14. The van der Waals surface area contributed by atoms with Crippen molar-refractivity contribution in [3.05, 3.63) is 33.4 Å². The number of hydrogen-bond acceptors (Lipinski definition) is 4. The SMILES string of the molecule is CC[NH+](CC(=O)Nc1c([N+](=O)[O-])ccc(C)c1C)CC(=O)NC(C)C. The Morgan fingerprint density at radius 1 is 1.20 bits per heavy atom. The fraction of sp³-hybridized carbons (Fsp3) is 0.529. The number of carbonyl (C=O) groups is 2. The molecule has 1 aromatic rings. The van der Waals surface area contributed by atoms with Crippen molar-refractivity contribution in [2.45, 2.75) is 40.7 Å². The molecular formula is C17H27N4O4+. The van der Waals surface area contributed by atoms with Gasteiger partial charge < -0.3 is 15.5 Å². The lowest BCUT2D eigenvalue weighted by Gasteiger charge is -2.18. The Labute approximate surface area is 147 Å². The zero-order valence-electron chi connectivity index (χ0n) is 15.4. The van der Waals surface area contributed by atoms with Gasteiger partial charge in [0, 0.05) is 12.1 Å². The van der Waals surface area contributed by atoms with Crippen LogP contribution >= 0.6 is 0 Å². The van der Waals surface area contributed by atoms with Gasteiger partial charge in [0.1, 0.15) is 5.69 Å². The summed E-state index contributed by atoms with van der Waals surface area (Å²) in [6, 6.07) is 3.08. The van der Waals surface area contributed by atoms with Crippen LogP contribution in [0.3, 0.4) is 0 Å². The quantitative estimate of drug-likeness (QED) is 0.470. The zero-order valence-corrected chi connectivity index (χ0v) is 15.4. The Hall–Kier alpha value is -2.48. The number of nitro groups is 1. The van der Waals surface area contributed by atoms with Gasteiger partial charge in [0.2, 0.25) is 0 Å². The van der Waals surface area contributed by atoms with Gasteiger partial charge in [-0.05, 0) is 45.7 Å². The van der Waals surface area contributed by atoms with Crippen LogP contribution in [0.2, 0.25) is 0 Å². The van der Waals surface area contributed by atoms with Crippen LogP contribution in [-0.2, 0) is 9.59 Å². The molecule has 0 radical (unpaired) electrons. The minimum absolute atomic E-state index is 0.0389. The molecule has 0 bridgehead atoms. The number of nitrogens with zero attached hydrogens (tertiary/aromatic N) is 1. The summed E-state index contributed by atoms with van der Waals surface area (Å²) in [5.74, 6) is -0.483. The Morgan fingerprint density at radius 3 is 2.32 bits per heavy atom. The Morgan fingerprint density at radius 2 is 1.80 bits per heavy atom. The summed E-state index contributed by atoms with van der Waals surface area (Å²) in [6.45, 7) is 10.0. The number of likely N-dealkylation sites (N-methyl/N-ethyl adjacent to an activating group) is 1. The average molecular weight is 351 g/mol. The topological polar surface area (TPSA) is 106 Å². The summed E-state index contributed by atoms with van der Waals surface area (Å²) in [7, 11) is 0. The van der Waals surface area contributed by atoms with Crippen LogP contribution in [0.1, 0.15) is 31.9 Å². The smallest absolute Gasteiger partial charge is 0.293 e. The first-order valence-corrected chi connectivity index (χ1v) is 8.33. The third-order valence-electron chi connectivity index (χ3n) is 3.95. The third-order valence-corrected chi connectivity index (χ3v) is 3.95. The van der Waals surface area contributed by atoms with Crippen molar-refractivity contribution >= 4 is 23.2 Å². The average Bonchev–Trinajstić information content (AvgIpc) is 2.50. The molecule has 0 saturated heterocycles. The number of rotatable bonds is 8. The van der Waals surface area contributed by atoms with Crippen molar-refractivity contribution in [3.8, 4) is 0 Å². The number of carbonyl (C=O) groups excluding carboxylic acids is 2. The third kappa shape index (κ3) is 6.15. The van der Waals surface area contributed by atoms with Gasteiger partial charge in [-0.1, -0.05) is 6.07 Å². The molecule has 1 atom stereocenters. The number of hydrogen-bond donors (Lipinski definition) is 3. The maximum Gasteiger partial charge on any atom is 0.293 e. The van der Waals surface area contributed by atoms with E-state index in [2.05, 4.69) is 10.6 Å². The first kappa shape index (κ1) is 20.6. The zero-order chi connectivity index (χ0) is 19.1. The highest BCUT2D eigenvalue weighted by molar-refractivity contribution is 5.95. The van der Waals surface area contributed by atoms with Crippen LogP contribution in [0.15, 0.2) is 12.1 Å². The van der Waals surface area contributed by atoms with Crippen LogP contribution < -0.4 is 15.5 Å². The van der Waals surface area contributed by atoms with E-state index in [1.807, 2.05) is 27.7 Å². The molecule has 1 rings (SSSR count). The Kier molecular flexibility index (Phi) is 7.50. The predicted molar refractivity (Wildman–Crippen MR) is 95.7 cm³/mol. The second kappa shape index (κ2) is 9.12. The van der Waals surface area contributed by atoms with Crippen LogP contribution in [0.5, 0.6) is 0 Å². The number of amides is 2. The standard InChI is InChI=1S/C17H26N4O4/c1-6-20(9-15(22)18-11(2)3)10-16(23)19-17-13(5)12(4)7-8-14(17)21(24)25/h7-8,11H,6,9-10H2,1-5H3,(H,18,22)(H,19,23)/p+1. The van der Waals surface area contributed by atoms with Crippen molar-refractivity contribution in [3.63, 3.8) is 0 Å². The minimum Gasteiger partial charge on any atom is -0.349 e. The summed E-state index contributed by atoms with van der Waals surface area (Å²) in [4.78, 5) is 35.6. The number of benzene rings is 1. The number of aryl methyl sites for hydroxylation is 1. The van der Waals surface area contributed by atoms with Crippen LogP contribution in [0.25, 0.3) is 0 Å². The molecule has 0 fully saturated rings. The summed E-state index contributed by atoms with van der Waals surface area (Å²) in [5.41, 5.74) is 1.61. The van der Waals surface area contributed by atoms with Gasteiger partial charge in [-0.25, -0.2) is 0 Å². The second-order valence-electron chi connectivity index (χ2n) is 6.39. The summed E-state index contributed by atoms with van der Waals surface area (Å²) < 4.78 is 0. The van der Waals surface area contributed by atoms with Crippen molar-refractivity contribution in [1.82, 2.24) is 5.32 Å². The molecule has 0 heterocycles. The van der Waals surface area contributed by atoms with Gasteiger partial charge in [0.15, 0.2) is 13.1 Å². The maximum atomic E-state index is 12.3. The Balaban J connectivity index is 2.83. The predicted octanol–water partition coefficient (Wildman–Crippen LogP) is 0.580. The fourth-order valence-corrected chi connectivity index (χ4v) is 2.43. The molecule has 0 aromatic heterocycles. The number of nitrogens with one attached hydrogen (secondary N) is 3. The van der Waals surface area contributed by atoms with Gasteiger partial charge in [-0.3, -0.25) is 19.7 Å². The molecule has 0 saturated carbocycles. The molecule has 8 heteroatoms. The number of quaternary nitrogens is 1. The monoisotopic (exact) mass is 351 g/mol. The van der Waals surface area contributed by atoms with E-state index in [0.29, 0.717) is 12.1 Å². The molecule has 25 heavy (non-hydrogen) atoms. The molecule has 0 spiro atoms. The van der Waals surface area contributed by atoms with Gasteiger partial charge in [-0.15, -0.1) is 0 Å². The first-order valence-electron chi connectivity index (χ1n) is 8.33. The van der Waals surface area contributed by atoms with Gasteiger partial charge in [0.25, 0.3) is 17.5 Å². The van der Waals surface area contributed by atoms with E-state index in [9.17, 15) is 19.7 Å². The van der Waals surface area contributed by atoms with Crippen LogP contribution in [-0.4, -0.2) is 42.4 Å². The van der Waals surface area contributed by atoms with E-state index in [-0.39, 0.29) is 42.3 Å². The van der Waals surface area contributed by atoms with Crippen LogP contribution in [0, 0.1) is 24.0 Å². The molecule has 1 aromatic carbocycles. The summed E-state index contributed by atoms with van der Waals surface area (Å²) in [6.07, 6.45) is 0. The highest BCUT2D eigenvalue weighted by Gasteiger charge is 2.22. The molecule has 138 valence electrons. The van der Waals surface area contributed by atoms with E-state index in [0.717, 1.165) is 10.5 Å². The van der Waals surface area contributed by atoms with Crippen molar-refractivity contribution < 1.29 is 19.4 Å². The molecular weight excluding hydrogens is 324 g/mol. The van der Waals surface area contributed by atoms with Crippen molar-refractivity contribution in [1.29, 1.82) is 0 Å². The molecule has 3 N–H and O–H groups in total. The number of nitro benzene ring substituents is 1. The van der Waals surface area contributed by atoms with Gasteiger partial charge in [-0.2, -0.15) is 0 Å². The first-order chi connectivity index (χ1) is 11.6. The lowest BCUT2D eigenvalue weighted by atomic mass is 10.1. The minimum atomic E-state index is -0.511. The molecule has 2 amide bonds. The normalized spacial score (nSPS) is 11.9. The lowest BCUT2D eigenvalue weighted by molar-refractivity contribution is -0.881. The molecule has 8 nitrogen and oxygen atoms in total. The highest BCUT2D eigenvalue weighted by Crippen LogP contribution is 2.29. The molecule has 1 unspecified atom stereocenters. The van der Waals surface area contributed by atoms with Crippen molar-refractivity contribution in [2.75, 3.05) is 25.0 Å².